The number of anilines is 1. The Labute approximate surface area is 149 Å². The minimum absolute atomic E-state index is 0.470. The van der Waals surface area contributed by atoms with E-state index < -0.39 is 0 Å². The van der Waals surface area contributed by atoms with Gasteiger partial charge in [-0.2, -0.15) is 0 Å². The molecule has 5 nitrogen and oxygen atoms in total. The van der Waals surface area contributed by atoms with Crippen molar-refractivity contribution >= 4 is 5.95 Å². The van der Waals surface area contributed by atoms with Crippen molar-refractivity contribution in [3.05, 3.63) is 53.9 Å². The van der Waals surface area contributed by atoms with Gasteiger partial charge in [0, 0.05) is 51.2 Å². The van der Waals surface area contributed by atoms with E-state index in [0.717, 1.165) is 26.2 Å². The monoisotopic (exact) mass is 338 g/mol. The molecule has 3 atom stereocenters. The Morgan fingerprint density at radius 3 is 2.36 bits per heavy atom. The molecule has 4 rings (SSSR count). The zero-order valence-corrected chi connectivity index (χ0v) is 14.8. The molecule has 1 unspecified atom stereocenters. The van der Waals surface area contributed by atoms with Crippen molar-refractivity contribution in [2.75, 3.05) is 25.5 Å². The highest BCUT2D eigenvalue weighted by Gasteiger charge is 2.41. The number of methoxy groups -OCH3 is 1. The Morgan fingerprint density at radius 1 is 1.04 bits per heavy atom. The van der Waals surface area contributed by atoms with E-state index in [-0.39, 0.29) is 0 Å². The number of hydrogen-bond acceptors (Lipinski definition) is 5. The molecule has 2 heterocycles. The van der Waals surface area contributed by atoms with Crippen molar-refractivity contribution in [2.45, 2.75) is 32.0 Å². The molecule has 1 N–H and O–H groups in total. The van der Waals surface area contributed by atoms with E-state index >= 15 is 0 Å². The number of nitrogens with zero attached hydrogens (tertiary/aromatic N) is 3. The molecule has 2 fully saturated rings. The number of likely N-dealkylation sites (tertiary alicyclic amines) is 1. The number of aromatic nitrogens is 2. The quantitative estimate of drug-likeness (QED) is 0.877. The minimum Gasteiger partial charge on any atom is -0.381 e. The first-order valence-corrected chi connectivity index (χ1v) is 9.15. The molecule has 1 aromatic carbocycles. The van der Waals surface area contributed by atoms with E-state index in [0.29, 0.717) is 23.9 Å². The molecule has 1 saturated heterocycles. The zero-order chi connectivity index (χ0) is 17.1. The summed E-state index contributed by atoms with van der Waals surface area (Å²) in [5.41, 5.74) is 2.41. The SMILES string of the molecule is COC1[C@@H]2CC[C@H]1CN(Cc1cnc(NCc3ccccc3)nc1)C2. The summed E-state index contributed by atoms with van der Waals surface area (Å²) in [7, 11) is 1.86. The molecule has 2 bridgehead atoms. The molecular formula is C20H26N4O. The van der Waals surface area contributed by atoms with Gasteiger partial charge in [0.1, 0.15) is 0 Å². The minimum atomic E-state index is 0.470. The summed E-state index contributed by atoms with van der Waals surface area (Å²) in [4.78, 5) is 11.5. The topological polar surface area (TPSA) is 50.3 Å². The van der Waals surface area contributed by atoms with E-state index in [1.807, 2.05) is 37.7 Å². The number of benzene rings is 1. The number of piperidine rings is 1. The molecule has 25 heavy (non-hydrogen) atoms. The van der Waals surface area contributed by atoms with Crippen LogP contribution in [0.2, 0.25) is 0 Å². The maximum atomic E-state index is 5.70. The molecule has 0 amide bonds. The van der Waals surface area contributed by atoms with Crippen LogP contribution in [0.3, 0.4) is 0 Å². The number of nitrogens with one attached hydrogen (secondary N) is 1. The Balaban J connectivity index is 1.31. The van der Waals surface area contributed by atoms with Gasteiger partial charge in [0.25, 0.3) is 0 Å². The summed E-state index contributed by atoms with van der Waals surface area (Å²) in [6, 6.07) is 10.3. The predicted molar refractivity (Wildman–Crippen MR) is 98.1 cm³/mol. The fraction of sp³-hybridized carbons (Fsp3) is 0.500. The summed E-state index contributed by atoms with van der Waals surface area (Å²) in [6.45, 7) is 3.93. The van der Waals surface area contributed by atoms with Gasteiger partial charge in [0.2, 0.25) is 5.95 Å². The Kier molecular flexibility index (Phi) is 4.95. The van der Waals surface area contributed by atoms with Crippen LogP contribution in [-0.4, -0.2) is 41.2 Å². The van der Waals surface area contributed by atoms with Crippen LogP contribution in [0, 0.1) is 11.8 Å². The Hall–Kier alpha value is -1.98. The third-order valence-electron chi connectivity index (χ3n) is 5.50. The van der Waals surface area contributed by atoms with Gasteiger partial charge in [-0.05, 0) is 30.2 Å². The molecule has 5 heteroatoms. The van der Waals surface area contributed by atoms with Crippen molar-refractivity contribution in [2.24, 2.45) is 11.8 Å². The van der Waals surface area contributed by atoms with Crippen molar-refractivity contribution < 1.29 is 4.74 Å². The molecule has 1 aromatic heterocycles. The van der Waals surface area contributed by atoms with Gasteiger partial charge in [-0.3, -0.25) is 4.90 Å². The third kappa shape index (κ3) is 3.83. The van der Waals surface area contributed by atoms with Crippen LogP contribution < -0.4 is 5.32 Å². The zero-order valence-electron chi connectivity index (χ0n) is 14.8. The number of rotatable bonds is 6. The summed E-state index contributed by atoms with van der Waals surface area (Å²) in [5.74, 6) is 2.07. The van der Waals surface area contributed by atoms with E-state index in [1.54, 1.807) is 0 Å². The lowest BCUT2D eigenvalue weighted by Crippen LogP contribution is -2.45. The van der Waals surface area contributed by atoms with Crippen LogP contribution in [0.4, 0.5) is 5.95 Å². The van der Waals surface area contributed by atoms with Gasteiger partial charge in [0.15, 0.2) is 0 Å². The number of ether oxygens (including phenoxy) is 1. The summed E-state index contributed by atoms with van der Waals surface area (Å²) in [5, 5.41) is 3.28. The van der Waals surface area contributed by atoms with Crippen molar-refractivity contribution in [1.29, 1.82) is 0 Å². The molecule has 1 saturated carbocycles. The molecule has 0 radical (unpaired) electrons. The van der Waals surface area contributed by atoms with Gasteiger partial charge in [0.05, 0.1) is 6.10 Å². The molecular weight excluding hydrogens is 312 g/mol. The number of fused-ring (bicyclic) bond motifs is 2. The lowest BCUT2D eigenvalue weighted by atomic mass is 9.94. The normalized spacial score (nSPS) is 25.9. The fourth-order valence-electron chi connectivity index (χ4n) is 4.35. The van der Waals surface area contributed by atoms with Gasteiger partial charge in [-0.25, -0.2) is 9.97 Å². The number of hydrogen-bond donors (Lipinski definition) is 1. The second kappa shape index (κ2) is 7.50. The molecule has 2 aromatic rings. The highest BCUT2D eigenvalue weighted by molar-refractivity contribution is 5.28. The molecule has 132 valence electrons. The third-order valence-corrected chi connectivity index (χ3v) is 5.50. The van der Waals surface area contributed by atoms with Crippen LogP contribution in [0.5, 0.6) is 0 Å². The van der Waals surface area contributed by atoms with Gasteiger partial charge in [-0.1, -0.05) is 30.3 Å². The van der Waals surface area contributed by atoms with Crippen LogP contribution in [0.15, 0.2) is 42.7 Å². The molecule has 0 spiro atoms. The Bertz CT molecular complexity index is 662. The van der Waals surface area contributed by atoms with Crippen LogP contribution in [0.25, 0.3) is 0 Å². The summed E-state index contributed by atoms with van der Waals surface area (Å²) < 4.78 is 5.70. The largest absolute Gasteiger partial charge is 0.381 e. The van der Waals surface area contributed by atoms with Crippen LogP contribution >= 0.6 is 0 Å². The summed E-state index contributed by atoms with van der Waals surface area (Å²) >= 11 is 0. The fourth-order valence-corrected chi connectivity index (χ4v) is 4.35. The second-order valence-electron chi connectivity index (χ2n) is 7.25. The average Bonchev–Trinajstić information content (AvgIpc) is 2.91. The van der Waals surface area contributed by atoms with Crippen molar-refractivity contribution in [1.82, 2.24) is 14.9 Å². The lowest BCUT2D eigenvalue weighted by molar-refractivity contribution is -0.0180. The first-order valence-electron chi connectivity index (χ1n) is 9.15. The maximum Gasteiger partial charge on any atom is 0.222 e. The van der Waals surface area contributed by atoms with Crippen LogP contribution in [0.1, 0.15) is 24.0 Å². The van der Waals surface area contributed by atoms with E-state index in [4.69, 9.17) is 4.74 Å². The Morgan fingerprint density at radius 2 is 1.72 bits per heavy atom. The smallest absolute Gasteiger partial charge is 0.222 e. The molecule has 1 aliphatic heterocycles. The molecule has 1 aliphatic carbocycles. The standard InChI is InChI=1S/C20H26N4O/c1-25-19-17-7-8-18(19)14-24(13-17)12-16-10-22-20(23-11-16)21-9-15-5-3-2-4-6-15/h2-6,10-11,17-19H,7-9,12-14H2,1H3,(H,21,22,23)/t17-,18+,19?. The maximum absolute atomic E-state index is 5.70. The summed E-state index contributed by atoms with van der Waals surface area (Å²) in [6.07, 6.45) is 6.98. The van der Waals surface area contributed by atoms with Crippen molar-refractivity contribution in [3.63, 3.8) is 0 Å². The highest BCUT2D eigenvalue weighted by atomic mass is 16.5. The average molecular weight is 338 g/mol. The molecule has 2 aliphatic rings. The van der Waals surface area contributed by atoms with Gasteiger partial charge in [-0.15, -0.1) is 0 Å². The first kappa shape index (κ1) is 16.5. The van der Waals surface area contributed by atoms with Gasteiger partial charge < -0.3 is 10.1 Å². The van der Waals surface area contributed by atoms with Crippen molar-refractivity contribution in [3.8, 4) is 0 Å². The lowest BCUT2D eigenvalue weighted by Gasteiger charge is -2.37. The first-order chi connectivity index (χ1) is 12.3. The van der Waals surface area contributed by atoms with E-state index in [1.165, 1.54) is 24.0 Å². The van der Waals surface area contributed by atoms with E-state index in [9.17, 15) is 0 Å². The highest BCUT2D eigenvalue weighted by Crippen LogP contribution is 2.38. The second-order valence-corrected chi connectivity index (χ2v) is 7.25. The van der Waals surface area contributed by atoms with E-state index in [2.05, 4.69) is 32.3 Å². The predicted octanol–water partition coefficient (Wildman–Crippen LogP) is 2.95. The van der Waals surface area contributed by atoms with Gasteiger partial charge >= 0.3 is 0 Å². The van der Waals surface area contributed by atoms with Crippen LogP contribution in [-0.2, 0) is 17.8 Å².